The maximum absolute atomic E-state index is 9.49. The van der Waals surface area contributed by atoms with Crippen molar-refractivity contribution in [1.82, 2.24) is 10.2 Å². The van der Waals surface area contributed by atoms with Crippen LogP contribution in [0.1, 0.15) is 36.5 Å². The van der Waals surface area contributed by atoms with Gasteiger partial charge in [0.1, 0.15) is 0 Å². The first-order chi connectivity index (χ1) is 10.1. The summed E-state index contributed by atoms with van der Waals surface area (Å²) in [6.07, 6.45) is 4.52. The third-order valence-corrected chi connectivity index (χ3v) is 4.75. The Balaban J connectivity index is 1.68. The summed E-state index contributed by atoms with van der Waals surface area (Å²) in [5, 5.41) is 13.1. The van der Waals surface area contributed by atoms with E-state index in [4.69, 9.17) is 0 Å². The fraction of sp³-hybridized carbons (Fsp3) is 0.556. The summed E-state index contributed by atoms with van der Waals surface area (Å²) in [7, 11) is 0. The van der Waals surface area contributed by atoms with Crippen LogP contribution in [-0.4, -0.2) is 35.7 Å². The van der Waals surface area contributed by atoms with Crippen LogP contribution in [0.5, 0.6) is 0 Å². The fourth-order valence-corrected chi connectivity index (χ4v) is 3.57. The van der Waals surface area contributed by atoms with Crippen LogP contribution in [0.4, 0.5) is 0 Å². The van der Waals surface area contributed by atoms with E-state index in [0.717, 1.165) is 26.2 Å². The molecule has 0 bridgehead atoms. The number of fused-ring (bicyclic) bond motifs is 1. The van der Waals surface area contributed by atoms with Gasteiger partial charge in [0.05, 0.1) is 6.10 Å². The van der Waals surface area contributed by atoms with Gasteiger partial charge in [-0.2, -0.15) is 0 Å². The Kier molecular flexibility index (Phi) is 4.32. The van der Waals surface area contributed by atoms with Gasteiger partial charge in [-0.05, 0) is 62.5 Å². The van der Waals surface area contributed by atoms with Crippen molar-refractivity contribution in [3.63, 3.8) is 0 Å². The third-order valence-electron chi connectivity index (χ3n) is 4.75. The van der Waals surface area contributed by atoms with E-state index in [-0.39, 0.29) is 6.10 Å². The summed E-state index contributed by atoms with van der Waals surface area (Å²) in [5.41, 5.74) is 5.61. The van der Waals surface area contributed by atoms with E-state index in [2.05, 4.69) is 41.4 Å². The number of nitrogens with zero attached hydrogens (tertiary/aromatic N) is 1. The monoisotopic (exact) mass is 286 g/mol. The van der Waals surface area contributed by atoms with Crippen molar-refractivity contribution in [2.24, 2.45) is 5.92 Å². The molecule has 114 valence electrons. The summed E-state index contributed by atoms with van der Waals surface area (Å²) in [4.78, 5) is 2.38. The molecule has 1 aromatic carbocycles. The lowest BCUT2D eigenvalue weighted by Crippen LogP contribution is -2.40. The highest BCUT2D eigenvalue weighted by molar-refractivity contribution is 5.62. The maximum Gasteiger partial charge on any atom is 0.0639 e. The highest BCUT2D eigenvalue weighted by atomic mass is 16.3. The molecule has 0 radical (unpaired) electrons. The zero-order valence-corrected chi connectivity index (χ0v) is 13.1. The third kappa shape index (κ3) is 3.30. The van der Waals surface area contributed by atoms with Crippen LogP contribution >= 0.6 is 0 Å². The number of allylic oxidation sites excluding steroid dienone is 1. The second-order valence-electron chi connectivity index (χ2n) is 6.52. The van der Waals surface area contributed by atoms with Gasteiger partial charge in [-0.1, -0.05) is 18.2 Å². The first kappa shape index (κ1) is 14.6. The van der Waals surface area contributed by atoms with E-state index in [0.29, 0.717) is 5.92 Å². The number of aliphatic hydroxyl groups excluding tert-OH is 1. The van der Waals surface area contributed by atoms with Crippen molar-refractivity contribution >= 4 is 6.08 Å². The Morgan fingerprint density at radius 2 is 2.10 bits per heavy atom. The lowest BCUT2D eigenvalue weighted by Gasteiger charge is -2.35. The number of rotatable bonds is 3. The highest BCUT2D eigenvalue weighted by Gasteiger charge is 2.24. The van der Waals surface area contributed by atoms with Gasteiger partial charge in [0, 0.05) is 24.7 Å². The zero-order chi connectivity index (χ0) is 14.8. The van der Waals surface area contributed by atoms with E-state index in [1.165, 1.54) is 35.2 Å². The van der Waals surface area contributed by atoms with Crippen LogP contribution in [-0.2, 0) is 6.54 Å². The Hall–Kier alpha value is -1.32. The van der Waals surface area contributed by atoms with E-state index in [1.807, 2.05) is 6.92 Å². The molecule has 0 spiro atoms. The molecule has 3 nitrogen and oxygen atoms in total. The van der Waals surface area contributed by atoms with Gasteiger partial charge in [-0.25, -0.2) is 0 Å². The van der Waals surface area contributed by atoms with Crippen LogP contribution in [0.3, 0.4) is 0 Å². The lowest BCUT2D eigenvalue weighted by molar-refractivity contribution is 0.104. The second-order valence-corrected chi connectivity index (χ2v) is 6.52. The number of hydrogen-bond acceptors (Lipinski definition) is 3. The zero-order valence-electron chi connectivity index (χ0n) is 13.1. The standard InChI is InChI=1S/C18H26N2O/c1-13-4-3-5-16-11-19-18(10-17(13)16)15-6-8-20(9-7-15)12-14(2)21/h3-5,10,14-15,19,21H,6-9,11-12H2,1-2H3. The van der Waals surface area contributed by atoms with Crippen molar-refractivity contribution in [2.75, 3.05) is 19.6 Å². The number of β-amino-alcohol motifs (C(OH)–C–C–N with tert-alkyl or cyclic N) is 1. The van der Waals surface area contributed by atoms with Crippen molar-refractivity contribution in [1.29, 1.82) is 0 Å². The molecular formula is C18H26N2O. The Labute approximate surface area is 127 Å². The van der Waals surface area contributed by atoms with Crippen molar-refractivity contribution in [3.8, 4) is 0 Å². The van der Waals surface area contributed by atoms with E-state index < -0.39 is 0 Å². The number of hydrogen-bond donors (Lipinski definition) is 2. The number of benzene rings is 1. The van der Waals surface area contributed by atoms with Crippen molar-refractivity contribution in [2.45, 2.75) is 39.3 Å². The molecule has 3 heteroatoms. The average Bonchev–Trinajstić information content (AvgIpc) is 2.48. The molecule has 21 heavy (non-hydrogen) atoms. The first-order valence-electron chi connectivity index (χ1n) is 8.08. The van der Waals surface area contributed by atoms with E-state index >= 15 is 0 Å². The van der Waals surface area contributed by atoms with Crippen LogP contribution in [0.2, 0.25) is 0 Å². The number of likely N-dealkylation sites (tertiary alicyclic amines) is 1. The van der Waals surface area contributed by atoms with Crippen LogP contribution in [0.25, 0.3) is 6.08 Å². The van der Waals surface area contributed by atoms with Gasteiger partial charge < -0.3 is 15.3 Å². The molecule has 3 rings (SSSR count). The molecule has 2 aliphatic heterocycles. The Morgan fingerprint density at radius 1 is 1.33 bits per heavy atom. The maximum atomic E-state index is 9.49. The average molecular weight is 286 g/mol. The largest absolute Gasteiger partial charge is 0.392 e. The van der Waals surface area contributed by atoms with E-state index in [9.17, 15) is 5.11 Å². The number of aryl methyl sites for hydroxylation is 1. The summed E-state index contributed by atoms with van der Waals surface area (Å²) in [5.74, 6) is 0.642. The minimum atomic E-state index is -0.219. The molecule has 0 aromatic heterocycles. The topological polar surface area (TPSA) is 35.5 Å². The van der Waals surface area contributed by atoms with Crippen LogP contribution in [0.15, 0.2) is 23.9 Å². The summed E-state index contributed by atoms with van der Waals surface area (Å²) < 4.78 is 0. The quantitative estimate of drug-likeness (QED) is 0.896. The van der Waals surface area contributed by atoms with Gasteiger partial charge in [-0.15, -0.1) is 0 Å². The SMILES string of the molecule is Cc1cccc2c1C=C(C1CCN(CC(C)O)CC1)NC2. The summed E-state index contributed by atoms with van der Waals surface area (Å²) >= 11 is 0. The minimum absolute atomic E-state index is 0.219. The van der Waals surface area contributed by atoms with Crippen LogP contribution in [0, 0.1) is 12.8 Å². The number of piperidine rings is 1. The predicted octanol–water partition coefficient (Wildman–Crippen LogP) is 2.53. The molecule has 2 heterocycles. The minimum Gasteiger partial charge on any atom is -0.392 e. The summed E-state index contributed by atoms with van der Waals surface area (Å²) in [6, 6.07) is 6.56. The highest BCUT2D eigenvalue weighted by Crippen LogP contribution is 2.29. The van der Waals surface area contributed by atoms with Gasteiger partial charge in [0.25, 0.3) is 0 Å². The van der Waals surface area contributed by atoms with Gasteiger partial charge in [0.15, 0.2) is 0 Å². The molecule has 1 aromatic rings. The van der Waals surface area contributed by atoms with Crippen molar-refractivity contribution < 1.29 is 5.11 Å². The van der Waals surface area contributed by atoms with Gasteiger partial charge >= 0.3 is 0 Å². The molecule has 2 N–H and O–H groups in total. The van der Waals surface area contributed by atoms with Gasteiger partial charge in [0.2, 0.25) is 0 Å². The Bertz CT molecular complexity index is 528. The van der Waals surface area contributed by atoms with Crippen LogP contribution < -0.4 is 5.32 Å². The second kappa shape index (κ2) is 6.20. The smallest absolute Gasteiger partial charge is 0.0639 e. The summed E-state index contributed by atoms with van der Waals surface area (Å²) in [6.45, 7) is 8.02. The molecule has 2 aliphatic rings. The predicted molar refractivity (Wildman–Crippen MR) is 86.8 cm³/mol. The number of aliphatic hydroxyl groups is 1. The molecule has 0 aliphatic carbocycles. The molecule has 1 atom stereocenters. The fourth-order valence-electron chi connectivity index (χ4n) is 3.57. The molecule has 1 unspecified atom stereocenters. The van der Waals surface area contributed by atoms with E-state index in [1.54, 1.807) is 0 Å². The molecule has 1 saturated heterocycles. The molecule has 0 saturated carbocycles. The lowest BCUT2D eigenvalue weighted by atomic mass is 9.88. The molecular weight excluding hydrogens is 260 g/mol. The molecule has 0 amide bonds. The van der Waals surface area contributed by atoms with Crippen molar-refractivity contribution in [3.05, 3.63) is 40.6 Å². The normalized spacial score (nSPS) is 21.4. The van der Waals surface area contributed by atoms with Gasteiger partial charge in [-0.3, -0.25) is 0 Å². The Morgan fingerprint density at radius 3 is 2.81 bits per heavy atom. The number of nitrogens with one attached hydrogen (secondary N) is 1. The molecule has 1 fully saturated rings. The first-order valence-corrected chi connectivity index (χ1v) is 8.08.